The molecule has 4 nitrogen and oxygen atoms in total. The van der Waals surface area contributed by atoms with Crippen molar-refractivity contribution in [1.82, 2.24) is 9.36 Å². The topological polar surface area (TPSA) is 61.0 Å². The number of methoxy groups -OCH3 is 1. The van der Waals surface area contributed by atoms with Crippen molar-refractivity contribution in [2.75, 3.05) is 12.8 Å². The maximum atomic E-state index is 5.92. The molecule has 0 bridgehead atoms. The summed E-state index contributed by atoms with van der Waals surface area (Å²) in [7, 11) is 1.60. The zero-order chi connectivity index (χ0) is 10.7. The van der Waals surface area contributed by atoms with E-state index in [4.69, 9.17) is 10.5 Å². The fraction of sp³-hybridized carbons (Fsp3) is 0.111. The van der Waals surface area contributed by atoms with Crippen molar-refractivity contribution in [3.8, 4) is 5.75 Å². The largest absolute Gasteiger partial charge is 0.495 e. The summed E-state index contributed by atoms with van der Waals surface area (Å²) in [5.74, 6) is 0.685. The molecule has 0 aliphatic rings. The average Bonchev–Trinajstić information content (AvgIpc) is 2.74. The highest BCUT2D eigenvalue weighted by Gasteiger charge is 2.08. The third-order valence-corrected chi connectivity index (χ3v) is 3.58. The molecule has 0 saturated heterocycles. The number of anilines is 1. The van der Waals surface area contributed by atoms with E-state index < -0.39 is 0 Å². The summed E-state index contributed by atoms with van der Waals surface area (Å²) in [6.45, 7) is 0. The molecule has 0 saturated carbocycles. The van der Waals surface area contributed by atoms with Gasteiger partial charge in [-0.1, -0.05) is 17.8 Å². The number of hydrogen-bond acceptors (Lipinski definition) is 6. The van der Waals surface area contributed by atoms with Gasteiger partial charge >= 0.3 is 0 Å². The first kappa shape index (κ1) is 10.3. The molecular weight excluding hydrogens is 230 g/mol. The monoisotopic (exact) mass is 239 g/mol. The summed E-state index contributed by atoms with van der Waals surface area (Å²) in [6, 6.07) is 5.67. The third kappa shape index (κ3) is 2.21. The fourth-order valence-corrected chi connectivity index (χ4v) is 2.56. The maximum Gasteiger partial charge on any atom is 0.174 e. The Morgan fingerprint density at radius 1 is 1.47 bits per heavy atom. The first-order chi connectivity index (χ1) is 7.31. The molecular formula is C9H9N3OS2. The molecule has 0 fully saturated rings. The molecule has 0 aliphatic carbocycles. The minimum Gasteiger partial charge on any atom is -0.495 e. The zero-order valence-corrected chi connectivity index (χ0v) is 9.64. The Balaban J connectivity index is 2.29. The molecule has 2 aromatic rings. The van der Waals surface area contributed by atoms with Crippen molar-refractivity contribution in [3.05, 3.63) is 24.5 Å². The number of hydrogen-bond donors (Lipinski definition) is 1. The van der Waals surface area contributed by atoms with Crippen molar-refractivity contribution < 1.29 is 4.74 Å². The van der Waals surface area contributed by atoms with E-state index in [2.05, 4.69) is 9.36 Å². The molecule has 0 spiro atoms. The van der Waals surface area contributed by atoms with E-state index in [0.717, 1.165) is 9.24 Å². The van der Waals surface area contributed by atoms with E-state index in [-0.39, 0.29) is 0 Å². The van der Waals surface area contributed by atoms with Gasteiger partial charge in [0.15, 0.2) is 4.34 Å². The summed E-state index contributed by atoms with van der Waals surface area (Å²) in [6.07, 6.45) is 1.53. The van der Waals surface area contributed by atoms with Crippen LogP contribution in [-0.2, 0) is 0 Å². The van der Waals surface area contributed by atoms with E-state index in [1.807, 2.05) is 18.2 Å². The molecule has 2 N–H and O–H groups in total. The Hall–Kier alpha value is -1.27. The van der Waals surface area contributed by atoms with Crippen LogP contribution in [0.4, 0.5) is 5.69 Å². The van der Waals surface area contributed by atoms with Crippen LogP contribution in [0.25, 0.3) is 0 Å². The van der Waals surface area contributed by atoms with Crippen molar-refractivity contribution in [2.24, 2.45) is 0 Å². The second-order valence-corrected chi connectivity index (χ2v) is 4.75. The van der Waals surface area contributed by atoms with Crippen molar-refractivity contribution >= 4 is 29.0 Å². The molecule has 0 atom stereocenters. The van der Waals surface area contributed by atoms with Crippen LogP contribution in [0.5, 0.6) is 5.75 Å². The lowest BCUT2D eigenvalue weighted by Crippen LogP contribution is -1.93. The predicted molar refractivity (Wildman–Crippen MR) is 61.4 cm³/mol. The van der Waals surface area contributed by atoms with Crippen molar-refractivity contribution in [2.45, 2.75) is 9.24 Å². The highest BCUT2D eigenvalue weighted by atomic mass is 32.2. The molecule has 6 heteroatoms. The molecule has 1 heterocycles. The van der Waals surface area contributed by atoms with Gasteiger partial charge in [0.1, 0.15) is 12.1 Å². The first-order valence-electron chi connectivity index (χ1n) is 4.18. The average molecular weight is 239 g/mol. The SMILES string of the molecule is COc1cccc(Sc2ncns2)c1N. The van der Waals surface area contributed by atoms with Crippen LogP contribution in [0.3, 0.4) is 0 Å². The summed E-state index contributed by atoms with van der Waals surface area (Å²) in [5, 5.41) is 0. The minimum absolute atomic E-state index is 0.639. The molecule has 15 heavy (non-hydrogen) atoms. The van der Waals surface area contributed by atoms with E-state index >= 15 is 0 Å². The molecule has 1 aromatic carbocycles. The molecule has 1 aromatic heterocycles. The number of benzene rings is 1. The fourth-order valence-electron chi connectivity index (χ4n) is 1.09. The maximum absolute atomic E-state index is 5.92. The van der Waals surface area contributed by atoms with Gasteiger partial charge in [0.2, 0.25) is 0 Å². The van der Waals surface area contributed by atoms with Gasteiger partial charge in [-0.25, -0.2) is 4.98 Å². The second kappa shape index (κ2) is 4.50. The lowest BCUT2D eigenvalue weighted by molar-refractivity contribution is 0.416. The summed E-state index contributed by atoms with van der Waals surface area (Å²) >= 11 is 2.84. The summed E-state index contributed by atoms with van der Waals surface area (Å²) in [4.78, 5) is 5.02. The Bertz CT molecular complexity index is 445. The zero-order valence-electron chi connectivity index (χ0n) is 8.01. The minimum atomic E-state index is 0.639. The molecule has 0 amide bonds. The first-order valence-corrected chi connectivity index (χ1v) is 5.77. The van der Waals surface area contributed by atoms with Crippen LogP contribution in [0, 0.1) is 0 Å². The smallest absolute Gasteiger partial charge is 0.174 e. The van der Waals surface area contributed by atoms with Gasteiger partial charge in [0.05, 0.1) is 12.8 Å². The van der Waals surface area contributed by atoms with Crippen molar-refractivity contribution in [1.29, 1.82) is 0 Å². The van der Waals surface area contributed by atoms with Crippen LogP contribution in [0.1, 0.15) is 0 Å². The molecule has 0 aliphatic heterocycles. The van der Waals surface area contributed by atoms with E-state index in [1.54, 1.807) is 7.11 Å². The van der Waals surface area contributed by atoms with Crippen LogP contribution < -0.4 is 10.5 Å². The number of rotatable bonds is 3. The van der Waals surface area contributed by atoms with Gasteiger partial charge < -0.3 is 10.5 Å². The second-order valence-electron chi connectivity index (χ2n) is 2.68. The van der Waals surface area contributed by atoms with Gasteiger partial charge in [0, 0.05) is 4.90 Å². The van der Waals surface area contributed by atoms with Gasteiger partial charge in [-0.15, -0.1) is 0 Å². The number of nitrogens with zero attached hydrogens (tertiary/aromatic N) is 2. The normalized spacial score (nSPS) is 10.2. The number of nitrogens with two attached hydrogens (primary N) is 1. The number of para-hydroxylation sites is 1. The quantitative estimate of drug-likeness (QED) is 0.833. The standard InChI is InChI=1S/C9H9N3OS2/c1-13-6-3-2-4-7(8(6)10)14-9-11-5-12-15-9/h2-5H,10H2,1H3. The van der Waals surface area contributed by atoms with Gasteiger partial charge in [-0.2, -0.15) is 4.37 Å². The van der Waals surface area contributed by atoms with Gasteiger partial charge in [-0.3, -0.25) is 0 Å². The Morgan fingerprint density at radius 3 is 3.00 bits per heavy atom. The highest BCUT2D eigenvalue weighted by Crippen LogP contribution is 2.36. The predicted octanol–water partition coefficient (Wildman–Crippen LogP) is 2.28. The van der Waals surface area contributed by atoms with Crippen LogP contribution in [-0.4, -0.2) is 16.5 Å². The Labute approximate surface area is 95.7 Å². The van der Waals surface area contributed by atoms with Crippen LogP contribution in [0.2, 0.25) is 0 Å². The Kier molecular flexibility index (Phi) is 3.08. The highest BCUT2D eigenvalue weighted by molar-refractivity contribution is 8.01. The van der Waals surface area contributed by atoms with Crippen LogP contribution in [0.15, 0.2) is 33.8 Å². The third-order valence-electron chi connectivity index (χ3n) is 1.78. The molecule has 0 radical (unpaired) electrons. The summed E-state index contributed by atoms with van der Waals surface area (Å²) < 4.78 is 9.93. The van der Waals surface area contributed by atoms with Gasteiger partial charge in [-0.05, 0) is 23.7 Å². The Morgan fingerprint density at radius 2 is 2.33 bits per heavy atom. The van der Waals surface area contributed by atoms with E-state index in [9.17, 15) is 0 Å². The summed E-state index contributed by atoms with van der Waals surface area (Å²) in [5.41, 5.74) is 6.56. The van der Waals surface area contributed by atoms with Crippen LogP contribution >= 0.6 is 23.3 Å². The van der Waals surface area contributed by atoms with E-state index in [0.29, 0.717) is 11.4 Å². The molecule has 0 unspecified atom stereocenters. The number of nitrogen functional groups attached to an aromatic ring is 1. The number of aromatic nitrogens is 2. The van der Waals surface area contributed by atoms with E-state index in [1.165, 1.54) is 29.6 Å². The lowest BCUT2D eigenvalue weighted by atomic mass is 10.3. The lowest BCUT2D eigenvalue weighted by Gasteiger charge is -2.07. The molecule has 2 rings (SSSR count). The van der Waals surface area contributed by atoms with Crippen molar-refractivity contribution in [3.63, 3.8) is 0 Å². The van der Waals surface area contributed by atoms with Gasteiger partial charge in [0.25, 0.3) is 0 Å². The molecule has 78 valence electrons. The number of ether oxygens (including phenoxy) is 1.